The quantitative estimate of drug-likeness (QED) is 0.549. The molecule has 162 valence electrons. The number of nitrogens with zero attached hydrogens (tertiary/aromatic N) is 2. The second-order valence-electron chi connectivity index (χ2n) is 6.23. The molecule has 0 aliphatic carbocycles. The lowest BCUT2D eigenvalue weighted by molar-refractivity contribution is -0.137. The highest BCUT2D eigenvalue weighted by atomic mass is 35.5. The molecule has 31 heavy (non-hydrogen) atoms. The number of rotatable bonds is 5. The molecule has 7 nitrogen and oxygen atoms in total. The Labute approximate surface area is 180 Å². The molecule has 0 bridgehead atoms. The Balaban J connectivity index is 1.93. The van der Waals surface area contributed by atoms with Crippen LogP contribution in [-0.4, -0.2) is 31.3 Å². The molecule has 2 aromatic heterocycles. The molecule has 0 atom stereocenters. The summed E-state index contributed by atoms with van der Waals surface area (Å²) in [6, 6.07) is 5.92. The van der Waals surface area contributed by atoms with Crippen molar-refractivity contribution >= 4 is 33.2 Å². The smallest absolute Gasteiger partial charge is 0.355 e. The molecule has 12 heteroatoms. The molecule has 2 N–H and O–H groups in total. The second kappa shape index (κ2) is 8.52. The number of aromatic nitrogens is 2. The van der Waals surface area contributed by atoms with Gasteiger partial charge in [-0.2, -0.15) is 13.2 Å². The highest BCUT2D eigenvalue weighted by Gasteiger charge is 2.30. The molecule has 3 rings (SSSR count). The van der Waals surface area contributed by atoms with E-state index in [0.717, 1.165) is 12.1 Å². The molecular weight excluding hydrogens is 457 g/mol. The summed E-state index contributed by atoms with van der Waals surface area (Å²) in [5.74, 6) is -0.362. The van der Waals surface area contributed by atoms with Gasteiger partial charge in [0.2, 0.25) is 0 Å². The van der Waals surface area contributed by atoms with E-state index >= 15 is 0 Å². The first-order valence-electron chi connectivity index (χ1n) is 8.54. The average molecular weight is 471 g/mol. The van der Waals surface area contributed by atoms with Crippen LogP contribution in [0.25, 0.3) is 11.1 Å². The van der Waals surface area contributed by atoms with E-state index in [4.69, 9.17) is 11.6 Å². The summed E-state index contributed by atoms with van der Waals surface area (Å²) in [5, 5.41) is 2.29. The van der Waals surface area contributed by atoms with Crippen LogP contribution in [-0.2, 0) is 16.2 Å². The second-order valence-corrected chi connectivity index (χ2v) is 8.27. The van der Waals surface area contributed by atoms with E-state index in [-0.39, 0.29) is 27.2 Å². The van der Waals surface area contributed by atoms with Gasteiger partial charge in [-0.1, -0.05) is 11.6 Å². The Kier molecular flexibility index (Phi) is 6.18. The van der Waals surface area contributed by atoms with Crippen LogP contribution in [0.4, 0.5) is 18.9 Å². The molecular formula is C19H14ClF3N4O3S. The first kappa shape index (κ1) is 22.5. The molecule has 0 saturated heterocycles. The monoisotopic (exact) mass is 470 g/mol. The predicted octanol–water partition coefficient (Wildman–Crippen LogP) is 3.98. The van der Waals surface area contributed by atoms with Crippen molar-refractivity contribution in [2.45, 2.75) is 11.1 Å². The minimum absolute atomic E-state index is 0.0931. The van der Waals surface area contributed by atoms with Crippen molar-refractivity contribution in [3.63, 3.8) is 0 Å². The number of benzene rings is 1. The van der Waals surface area contributed by atoms with E-state index in [1.165, 1.54) is 37.8 Å². The number of amides is 1. The van der Waals surface area contributed by atoms with Crippen molar-refractivity contribution in [2.75, 3.05) is 11.8 Å². The van der Waals surface area contributed by atoms with Crippen molar-refractivity contribution in [3.05, 3.63) is 71.3 Å². The summed E-state index contributed by atoms with van der Waals surface area (Å²) in [6.07, 6.45) is -0.414. The number of carbonyl (C=O) groups excluding carboxylic acids is 1. The van der Waals surface area contributed by atoms with Crippen LogP contribution in [0.2, 0.25) is 5.15 Å². The first-order chi connectivity index (χ1) is 14.5. The van der Waals surface area contributed by atoms with Gasteiger partial charge < -0.3 is 5.32 Å². The Morgan fingerprint density at radius 1 is 1.03 bits per heavy atom. The van der Waals surface area contributed by atoms with Gasteiger partial charge in [0.25, 0.3) is 15.9 Å². The third kappa shape index (κ3) is 5.12. The molecule has 3 aromatic rings. The minimum Gasteiger partial charge on any atom is -0.355 e. The van der Waals surface area contributed by atoms with E-state index in [0.29, 0.717) is 23.3 Å². The SMILES string of the molecule is CNC(=O)c1cncc(-c2cnc(Cl)c(NS(=O)(=O)c3ccc(C(F)(F)F)cc3)c2)c1. The number of hydrogen-bond acceptors (Lipinski definition) is 5. The van der Waals surface area contributed by atoms with Crippen molar-refractivity contribution < 1.29 is 26.4 Å². The fraction of sp³-hybridized carbons (Fsp3) is 0.105. The van der Waals surface area contributed by atoms with Gasteiger partial charge in [0.05, 0.1) is 21.7 Å². The van der Waals surface area contributed by atoms with Gasteiger partial charge in [-0.25, -0.2) is 13.4 Å². The molecule has 1 aromatic carbocycles. The maximum atomic E-state index is 12.7. The minimum atomic E-state index is -4.59. The Bertz CT molecular complexity index is 1230. The molecule has 1 amide bonds. The van der Waals surface area contributed by atoms with E-state index in [1.807, 2.05) is 0 Å². The van der Waals surface area contributed by atoms with Gasteiger partial charge in [0.1, 0.15) is 0 Å². The fourth-order valence-corrected chi connectivity index (χ4v) is 3.83. The summed E-state index contributed by atoms with van der Waals surface area (Å²) >= 11 is 6.00. The van der Waals surface area contributed by atoms with Gasteiger partial charge in [0, 0.05) is 36.8 Å². The van der Waals surface area contributed by atoms with Crippen LogP contribution in [0.5, 0.6) is 0 Å². The lowest BCUT2D eigenvalue weighted by Gasteiger charge is -2.12. The van der Waals surface area contributed by atoms with Crippen LogP contribution >= 0.6 is 11.6 Å². The zero-order chi connectivity index (χ0) is 22.8. The number of carbonyl (C=O) groups is 1. The summed E-state index contributed by atoms with van der Waals surface area (Å²) in [4.78, 5) is 19.3. The van der Waals surface area contributed by atoms with Crippen LogP contribution < -0.4 is 10.0 Å². The van der Waals surface area contributed by atoms with Crippen molar-refractivity contribution in [2.24, 2.45) is 0 Å². The Morgan fingerprint density at radius 2 is 1.68 bits per heavy atom. The molecule has 2 heterocycles. The normalized spacial score (nSPS) is 11.8. The molecule has 0 saturated carbocycles. The highest BCUT2D eigenvalue weighted by molar-refractivity contribution is 7.92. The number of nitrogens with one attached hydrogen (secondary N) is 2. The Hall–Kier alpha value is -3.18. The zero-order valence-corrected chi connectivity index (χ0v) is 17.3. The molecule has 0 radical (unpaired) electrons. The van der Waals surface area contributed by atoms with E-state index in [2.05, 4.69) is 20.0 Å². The maximum absolute atomic E-state index is 12.7. The highest BCUT2D eigenvalue weighted by Crippen LogP contribution is 2.31. The molecule has 0 fully saturated rings. The fourth-order valence-electron chi connectivity index (χ4n) is 2.57. The predicted molar refractivity (Wildman–Crippen MR) is 108 cm³/mol. The van der Waals surface area contributed by atoms with Crippen LogP contribution in [0.15, 0.2) is 59.9 Å². The summed E-state index contributed by atoms with van der Waals surface area (Å²) < 4.78 is 65.5. The van der Waals surface area contributed by atoms with E-state index < -0.39 is 21.8 Å². The average Bonchev–Trinajstić information content (AvgIpc) is 2.74. The van der Waals surface area contributed by atoms with E-state index in [9.17, 15) is 26.4 Å². The summed E-state index contributed by atoms with van der Waals surface area (Å²) in [7, 11) is -2.78. The molecule has 0 unspecified atom stereocenters. The molecule has 0 spiro atoms. The van der Waals surface area contributed by atoms with Gasteiger partial charge in [-0.15, -0.1) is 0 Å². The first-order valence-corrected chi connectivity index (χ1v) is 10.4. The molecule has 0 aliphatic rings. The van der Waals surface area contributed by atoms with Gasteiger partial charge in [-0.05, 0) is 36.4 Å². The summed E-state index contributed by atoms with van der Waals surface area (Å²) in [5.41, 5.74) is 0.0934. The third-order valence-corrected chi connectivity index (χ3v) is 5.82. The van der Waals surface area contributed by atoms with Gasteiger partial charge in [0.15, 0.2) is 5.15 Å². The number of pyridine rings is 2. The third-order valence-electron chi connectivity index (χ3n) is 4.14. The zero-order valence-electron chi connectivity index (χ0n) is 15.7. The van der Waals surface area contributed by atoms with Crippen LogP contribution in [0, 0.1) is 0 Å². The number of anilines is 1. The molecule has 0 aliphatic heterocycles. The standard InChI is InChI=1S/C19H14ClF3N4O3S/c1-24-18(28)13-6-11(8-25-9-13)12-7-16(17(20)26-10-12)27-31(29,30)15-4-2-14(3-5-15)19(21,22)23/h2-10,27H,1H3,(H,24,28). The maximum Gasteiger partial charge on any atom is 0.416 e. The van der Waals surface area contributed by atoms with E-state index in [1.54, 1.807) is 0 Å². The summed E-state index contributed by atoms with van der Waals surface area (Å²) in [6.45, 7) is 0. The lowest BCUT2D eigenvalue weighted by atomic mass is 10.1. The Morgan fingerprint density at radius 3 is 2.29 bits per heavy atom. The van der Waals surface area contributed by atoms with Crippen LogP contribution in [0.1, 0.15) is 15.9 Å². The number of sulfonamides is 1. The number of alkyl halides is 3. The van der Waals surface area contributed by atoms with Crippen molar-refractivity contribution in [1.29, 1.82) is 0 Å². The number of halogens is 4. The van der Waals surface area contributed by atoms with Crippen LogP contribution in [0.3, 0.4) is 0 Å². The largest absolute Gasteiger partial charge is 0.416 e. The number of hydrogen-bond donors (Lipinski definition) is 2. The van der Waals surface area contributed by atoms with Crippen molar-refractivity contribution in [3.8, 4) is 11.1 Å². The van der Waals surface area contributed by atoms with Gasteiger partial charge >= 0.3 is 6.18 Å². The van der Waals surface area contributed by atoms with Crippen molar-refractivity contribution in [1.82, 2.24) is 15.3 Å². The lowest BCUT2D eigenvalue weighted by Crippen LogP contribution is -2.17. The van der Waals surface area contributed by atoms with Gasteiger partial charge in [-0.3, -0.25) is 14.5 Å². The topological polar surface area (TPSA) is 101 Å².